The molecular formula is C17H18N4O2. The zero-order chi connectivity index (χ0) is 16.1. The van der Waals surface area contributed by atoms with Crippen molar-refractivity contribution in [3.8, 4) is 11.3 Å². The predicted octanol–water partition coefficient (Wildman–Crippen LogP) is 2.88. The number of nitrogens with zero attached hydrogens (tertiary/aromatic N) is 3. The minimum Gasteiger partial charge on any atom is -0.355 e. The van der Waals surface area contributed by atoms with Gasteiger partial charge in [-0.15, -0.1) is 0 Å². The lowest BCUT2D eigenvalue weighted by atomic mass is 10.1. The summed E-state index contributed by atoms with van der Waals surface area (Å²) < 4.78 is 7.10. The van der Waals surface area contributed by atoms with Crippen molar-refractivity contribution in [2.24, 2.45) is 0 Å². The normalized spacial score (nSPS) is 10.7. The second-order valence-electron chi connectivity index (χ2n) is 5.24. The molecule has 0 fully saturated rings. The van der Waals surface area contributed by atoms with Crippen molar-refractivity contribution >= 4 is 5.91 Å². The summed E-state index contributed by atoms with van der Waals surface area (Å²) in [5, 5.41) is 10.9. The number of aryl methyl sites for hydroxylation is 1. The number of rotatable bonds is 6. The van der Waals surface area contributed by atoms with Gasteiger partial charge in [-0.25, -0.2) is 0 Å². The molecule has 0 saturated heterocycles. The standard InChI is InChI=1S/C17H18N4O2/c1-2-8-21-12-13(11-19-21)10-18-17(22)15-9-16(23-20-15)14-6-4-3-5-7-14/h3-7,9,11-12H,2,8,10H2,1H3,(H,18,22). The smallest absolute Gasteiger partial charge is 0.273 e. The van der Waals surface area contributed by atoms with Crippen LogP contribution < -0.4 is 5.32 Å². The van der Waals surface area contributed by atoms with E-state index < -0.39 is 0 Å². The molecule has 118 valence electrons. The van der Waals surface area contributed by atoms with Gasteiger partial charge in [-0.05, 0) is 6.42 Å². The summed E-state index contributed by atoms with van der Waals surface area (Å²) in [6, 6.07) is 11.2. The Morgan fingerprint density at radius 3 is 2.91 bits per heavy atom. The van der Waals surface area contributed by atoms with E-state index in [1.807, 2.05) is 41.2 Å². The van der Waals surface area contributed by atoms with E-state index in [1.165, 1.54) is 0 Å². The number of carbonyl (C=O) groups is 1. The monoisotopic (exact) mass is 310 g/mol. The van der Waals surface area contributed by atoms with Crippen molar-refractivity contribution in [2.75, 3.05) is 0 Å². The molecule has 2 heterocycles. The van der Waals surface area contributed by atoms with Crippen LogP contribution in [0.25, 0.3) is 11.3 Å². The molecule has 0 atom stereocenters. The van der Waals surface area contributed by atoms with Crippen LogP contribution in [-0.2, 0) is 13.1 Å². The van der Waals surface area contributed by atoms with Gasteiger partial charge in [0.25, 0.3) is 5.91 Å². The quantitative estimate of drug-likeness (QED) is 0.760. The molecule has 3 aromatic rings. The first-order valence-electron chi connectivity index (χ1n) is 7.58. The summed E-state index contributed by atoms with van der Waals surface area (Å²) in [4.78, 5) is 12.1. The Morgan fingerprint density at radius 1 is 1.30 bits per heavy atom. The molecule has 1 aromatic carbocycles. The lowest BCUT2D eigenvalue weighted by molar-refractivity contribution is 0.0942. The first-order chi connectivity index (χ1) is 11.3. The van der Waals surface area contributed by atoms with E-state index in [0.29, 0.717) is 12.3 Å². The Kier molecular flexibility index (Phi) is 4.52. The minimum absolute atomic E-state index is 0.265. The molecule has 0 bridgehead atoms. The maximum atomic E-state index is 12.1. The van der Waals surface area contributed by atoms with Gasteiger partial charge in [-0.1, -0.05) is 42.4 Å². The van der Waals surface area contributed by atoms with Crippen molar-refractivity contribution in [2.45, 2.75) is 26.4 Å². The Bertz CT molecular complexity index is 777. The first kappa shape index (κ1) is 15.0. The Balaban J connectivity index is 1.61. The van der Waals surface area contributed by atoms with E-state index in [0.717, 1.165) is 24.1 Å². The van der Waals surface area contributed by atoms with Crippen LogP contribution in [0, 0.1) is 0 Å². The molecule has 1 N–H and O–H groups in total. The highest BCUT2D eigenvalue weighted by Crippen LogP contribution is 2.19. The van der Waals surface area contributed by atoms with E-state index in [9.17, 15) is 4.79 Å². The van der Waals surface area contributed by atoms with Crippen molar-refractivity contribution in [3.63, 3.8) is 0 Å². The van der Waals surface area contributed by atoms with Crippen molar-refractivity contribution in [1.29, 1.82) is 0 Å². The Labute approximate surface area is 134 Å². The second kappa shape index (κ2) is 6.91. The van der Waals surface area contributed by atoms with E-state index in [4.69, 9.17) is 4.52 Å². The fourth-order valence-corrected chi connectivity index (χ4v) is 2.24. The molecule has 0 aliphatic heterocycles. The summed E-state index contributed by atoms with van der Waals surface area (Å²) in [5.74, 6) is 0.311. The molecule has 6 nitrogen and oxygen atoms in total. The Hall–Kier alpha value is -2.89. The molecule has 1 amide bonds. The molecule has 0 aliphatic rings. The molecule has 3 rings (SSSR count). The van der Waals surface area contributed by atoms with E-state index in [-0.39, 0.29) is 11.6 Å². The van der Waals surface area contributed by atoms with Crippen LogP contribution in [0.4, 0.5) is 0 Å². The second-order valence-corrected chi connectivity index (χ2v) is 5.24. The largest absolute Gasteiger partial charge is 0.355 e. The van der Waals surface area contributed by atoms with Gasteiger partial charge in [0.1, 0.15) is 0 Å². The van der Waals surface area contributed by atoms with Gasteiger partial charge >= 0.3 is 0 Å². The van der Waals surface area contributed by atoms with Gasteiger partial charge in [0, 0.05) is 36.5 Å². The van der Waals surface area contributed by atoms with Crippen LogP contribution in [0.15, 0.2) is 53.3 Å². The molecule has 0 saturated carbocycles. The number of amides is 1. The maximum absolute atomic E-state index is 12.1. The third-order valence-corrected chi connectivity index (χ3v) is 3.39. The fourth-order valence-electron chi connectivity index (χ4n) is 2.24. The van der Waals surface area contributed by atoms with Crippen molar-refractivity contribution in [3.05, 3.63) is 60.0 Å². The molecule has 23 heavy (non-hydrogen) atoms. The van der Waals surface area contributed by atoms with E-state index in [1.54, 1.807) is 12.3 Å². The highest BCUT2D eigenvalue weighted by molar-refractivity contribution is 5.93. The van der Waals surface area contributed by atoms with Gasteiger partial charge in [0.15, 0.2) is 11.5 Å². The number of hydrogen-bond donors (Lipinski definition) is 1. The summed E-state index contributed by atoms with van der Waals surface area (Å²) in [5.41, 5.74) is 2.11. The average molecular weight is 310 g/mol. The first-order valence-corrected chi connectivity index (χ1v) is 7.58. The topological polar surface area (TPSA) is 73.0 Å². The molecule has 6 heteroatoms. The summed E-state index contributed by atoms with van der Waals surface area (Å²) in [6.45, 7) is 3.38. The third kappa shape index (κ3) is 3.66. The van der Waals surface area contributed by atoms with E-state index in [2.05, 4.69) is 22.5 Å². The SMILES string of the molecule is CCCn1cc(CNC(=O)c2cc(-c3ccccc3)on2)cn1. The third-order valence-electron chi connectivity index (χ3n) is 3.39. The lowest BCUT2D eigenvalue weighted by Crippen LogP contribution is -2.22. The zero-order valence-electron chi connectivity index (χ0n) is 12.9. The van der Waals surface area contributed by atoms with Crippen LogP contribution in [0.3, 0.4) is 0 Å². The van der Waals surface area contributed by atoms with Crippen molar-refractivity contribution in [1.82, 2.24) is 20.3 Å². The maximum Gasteiger partial charge on any atom is 0.273 e. The van der Waals surface area contributed by atoms with Crippen LogP contribution in [-0.4, -0.2) is 20.8 Å². The van der Waals surface area contributed by atoms with Crippen LogP contribution in [0.1, 0.15) is 29.4 Å². The Morgan fingerprint density at radius 2 is 2.13 bits per heavy atom. The number of benzene rings is 1. The molecule has 0 radical (unpaired) electrons. The van der Waals surface area contributed by atoms with Crippen LogP contribution >= 0.6 is 0 Å². The number of nitrogens with one attached hydrogen (secondary N) is 1. The zero-order valence-corrected chi connectivity index (χ0v) is 12.9. The summed E-state index contributed by atoms with van der Waals surface area (Å²) in [6.07, 6.45) is 4.71. The highest BCUT2D eigenvalue weighted by Gasteiger charge is 2.13. The fraction of sp³-hybridized carbons (Fsp3) is 0.235. The molecule has 2 aromatic heterocycles. The van der Waals surface area contributed by atoms with Gasteiger partial charge in [-0.3, -0.25) is 9.48 Å². The molecule has 0 aliphatic carbocycles. The van der Waals surface area contributed by atoms with Gasteiger partial charge < -0.3 is 9.84 Å². The van der Waals surface area contributed by atoms with Gasteiger partial charge in [0.05, 0.1) is 6.20 Å². The molecular weight excluding hydrogens is 292 g/mol. The van der Waals surface area contributed by atoms with Crippen molar-refractivity contribution < 1.29 is 9.32 Å². The molecule has 0 unspecified atom stereocenters. The van der Waals surface area contributed by atoms with Gasteiger partial charge in [0.2, 0.25) is 0 Å². The molecule has 0 spiro atoms. The van der Waals surface area contributed by atoms with E-state index >= 15 is 0 Å². The van der Waals surface area contributed by atoms with Crippen LogP contribution in [0.5, 0.6) is 0 Å². The van der Waals surface area contributed by atoms with Crippen LogP contribution in [0.2, 0.25) is 0 Å². The summed E-state index contributed by atoms with van der Waals surface area (Å²) in [7, 11) is 0. The average Bonchev–Trinajstić information content (AvgIpc) is 3.23. The number of hydrogen-bond acceptors (Lipinski definition) is 4. The predicted molar refractivity (Wildman–Crippen MR) is 85.6 cm³/mol. The minimum atomic E-state index is -0.265. The lowest BCUT2D eigenvalue weighted by Gasteiger charge is -1.99. The number of aromatic nitrogens is 3. The van der Waals surface area contributed by atoms with Gasteiger partial charge in [-0.2, -0.15) is 5.10 Å². The number of carbonyl (C=O) groups excluding carboxylic acids is 1. The summed E-state index contributed by atoms with van der Waals surface area (Å²) >= 11 is 0. The highest BCUT2D eigenvalue weighted by atomic mass is 16.5.